The van der Waals surface area contributed by atoms with Crippen molar-refractivity contribution < 1.29 is 27.8 Å². The lowest BCUT2D eigenvalue weighted by Crippen LogP contribution is -2.30. The summed E-state index contributed by atoms with van der Waals surface area (Å²) in [6, 6.07) is 4.11. The van der Waals surface area contributed by atoms with Crippen LogP contribution in [0.4, 0.5) is 5.69 Å². The number of phenols is 1. The first-order valence-corrected chi connectivity index (χ1v) is 9.05. The van der Waals surface area contributed by atoms with Crippen molar-refractivity contribution in [3.8, 4) is 5.75 Å². The van der Waals surface area contributed by atoms with Gasteiger partial charge in [0.2, 0.25) is 10.0 Å². The Morgan fingerprint density at radius 3 is 2.70 bits per heavy atom. The van der Waals surface area contributed by atoms with E-state index < -0.39 is 16.0 Å². The molecule has 8 heteroatoms. The van der Waals surface area contributed by atoms with E-state index in [-0.39, 0.29) is 34.8 Å². The van der Waals surface area contributed by atoms with Gasteiger partial charge in [-0.05, 0) is 37.8 Å². The van der Waals surface area contributed by atoms with E-state index in [2.05, 4.69) is 9.46 Å². The number of para-hydroxylation sites is 1. The number of phenolic OH excluding ortho intramolecular Hbond substituents is 1. The molecule has 23 heavy (non-hydrogen) atoms. The number of aromatic hydroxyl groups is 1. The van der Waals surface area contributed by atoms with Gasteiger partial charge in [-0.1, -0.05) is 6.07 Å². The van der Waals surface area contributed by atoms with Crippen LogP contribution in [-0.4, -0.2) is 45.1 Å². The van der Waals surface area contributed by atoms with Crippen molar-refractivity contribution >= 4 is 21.7 Å². The molecule has 1 unspecified atom stereocenters. The molecular formula is C15H21NO6S. The number of carbonyl (C=O) groups is 1. The number of carbonyl (C=O) groups excluding carboxylic acids is 1. The Morgan fingerprint density at radius 2 is 2.13 bits per heavy atom. The zero-order chi connectivity index (χ0) is 17.0. The molecule has 1 aromatic carbocycles. The number of ether oxygens (including phenoxy) is 2. The van der Waals surface area contributed by atoms with E-state index >= 15 is 0 Å². The van der Waals surface area contributed by atoms with Gasteiger partial charge in [-0.25, -0.2) is 13.2 Å². The summed E-state index contributed by atoms with van der Waals surface area (Å²) in [5.41, 5.74) is -0.221. The Labute approximate surface area is 135 Å². The number of esters is 1. The fraction of sp³-hybridized carbons (Fsp3) is 0.533. The SMILES string of the molecule is CCOC(CS(=O)(=O)Nc1c(O)cccc1C(=O)OC)C1CC1. The van der Waals surface area contributed by atoms with Crippen LogP contribution in [-0.2, 0) is 19.5 Å². The normalized spacial score (nSPS) is 15.9. The molecule has 0 saturated heterocycles. The van der Waals surface area contributed by atoms with Gasteiger partial charge in [0.15, 0.2) is 0 Å². The summed E-state index contributed by atoms with van der Waals surface area (Å²) in [6.45, 7) is 2.24. The largest absolute Gasteiger partial charge is 0.506 e. The number of methoxy groups -OCH3 is 1. The van der Waals surface area contributed by atoms with Gasteiger partial charge in [0.05, 0.1) is 24.5 Å². The molecule has 0 heterocycles. The van der Waals surface area contributed by atoms with E-state index in [0.717, 1.165) is 12.8 Å². The summed E-state index contributed by atoms with van der Waals surface area (Å²) in [4.78, 5) is 11.7. The minimum absolute atomic E-state index is 0.0459. The third-order valence-corrected chi connectivity index (χ3v) is 4.90. The highest BCUT2D eigenvalue weighted by Gasteiger charge is 2.35. The predicted octanol–water partition coefficient (Wildman–Crippen LogP) is 1.74. The summed E-state index contributed by atoms with van der Waals surface area (Å²) in [5.74, 6) is -1.05. The molecular weight excluding hydrogens is 322 g/mol. The molecule has 1 aromatic rings. The van der Waals surface area contributed by atoms with Crippen LogP contribution in [0.3, 0.4) is 0 Å². The molecule has 0 radical (unpaired) electrons. The van der Waals surface area contributed by atoms with Crippen LogP contribution in [0.15, 0.2) is 18.2 Å². The van der Waals surface area contributed by atoms with Crippen molar-refractivity contribution in [1.82, 2.24) is 0 Å². The zero-order valence-electron chi connectivity index (χ0n) is 13.1. The molecule has 2 rings (SSSR count). The molecule has 128 valence electrons. The van der Waals surface area contributed by atoms with Crippen LogP contribution >= 0.6 is 0 Å². The van der Waals surface area contributed by atoms with Gasteiger partial charge in [-0.15, -0.1) is 0 Å². The highest BCUT2D eigenvalue weighted by Crippen LogP contribution is 2.35. The average molecular weight is 343 g/mol. The summed E-state index contributed by atoms with van der Waals surface area (Å²) in [7, 11) is -2.61. The maximum absolute atomic E-state index is 12.4. The smallest absolute Gasteiger partial charge is 0.340 e. The molecule has 1 saturated carbocycles. The van der Waals surface area contributed by atoms with Crippen LogP contribution in [0.1, 0.15) is 30.1 Å². The predicted molar refractivity (Wildman–Crippen MR) is 85.0 cm³/mol. The molecule has 7 nitrogen and oxygen atoms in total. The first kappa shape index (κ1) is 17.6. The highest BCUT2D eigenvalue weighted by molar-refractivity contribution is 7.92. The van der Waals surface area contributed by atoms with E-state index in [4.69, 9.17) is 4.74 Å². The Hall–Kier alpha value is -1.80. The second-order valence-electron chi connectivity index (χ2n) is 5.41. The van der Waals surface area contributed by atoms with E-state index in [1.54, 1.807) is 0 Å². The molecule has 0 amide bonds. The van der Waals surface area contributed by atoms with Gasteiger partial charge < -0.3 is 14.6 Å². The van der Waals surface area contributed by atoms with E-state index in [1.807, 2.05) is 6.92 Å². The highest BCUT2D eigenvalue weighted by atomic mass is 32.2. The number of hydrogen-bond donors (Lipinski definition) is 2. The van der Waals surface area contributed by atoms with Gasteiger partial charge >= 0.3 is 5.97 Å². The first-order chi connectivity index (χ1) is 10.9. The lowest BCUT2D eigenvalue weighted by molar-refractivity contribution is 0.0601. The minimum Gasteiger partial charge on any atom is -0.506 e. The molecule has 1 aliphatic carbocycles. The number of nitrogens with one attached hydrogen (secondary N) is 1. The second kappa shape index (κ2) is 7.18. The van der Waals surface area contributed by atoms with E-state index in [0.29, 0.717) is 6.61 Å². The Morgan fingerprint density at radius 1 is 1.43 bits per heavy atom. The van der Waals surface area contributed by atoms with Crippen molar-refractivity contribution in [2.75, 3.05) is 24.2 Å². The van der Waals surface area contributed by atoms with Crippen molar-refractivity contribution in [2.45, 2.75) is 25.9 Å². The molecule has 0 aliphatic heterocycles. The van der Waals surface area contributed by atoms with Crippen molar-refractivity contribution in [2.24, 2.45) is 5.92 Å². The fourth-order valence-electron chi connectivity index (χ4n) is 2.34. The third-order valence-electron chi connectivity index (χ3n) is 3.62. The number of hydrogen-bond acceptors (Lipinski definition) is 6. The fourth-order valence-corrected chi connectivity index (χ4v) is 3.75. The van der Waals surface area contributed by atoms with Crippen LogP contribution in [0.2, 0.25) is 0 Å². The van der Waals surface area contributed by atoms with E-state index in [1.165, 1.54) is 25.3 Å². The van der Waals surface area contributed by atoms with Crippen LogP contribution in [0.25, 0.3) is 0 Å². The molecule has 2 N–H and O–H groups in total. The standard InChI is InChI=1S/C15H21NO6S/c1-3-22-13(10-7-8-10)9-23(19,20)16-14-11(15(18)21-2)5-4-6-12(14)17/h4-6,10,13,16-17H,3,7-9H2,1-2H3. The van der Waals surface area contributed by atoms with Crippen LogP contribution in [0, 0.1) is 5.92 Å². The number of anilines is 1. The summed E-state index contributed by atoms with van der Waals surface area (Å²) in [5, 5.41) is 9.89. The van der Waals surface area contributed by atoms with Gasteiger partial charge in [0.1, 0.15) is 11.4 Å². The van der Waals surface area contributed by atoms with Crippen molar-refractivity contribution in [3.05, 3.63) is 23.8 Å². The monoisotopic (exact) mass is 343 g/mol. The second-order valence-corrected chi connectivity index (χ2v) is 7.17. The zero-order valence-corrected chi connectivity index (χ0v) is 13.9. The summed E-state index contributed by atoms with van der Waals surface area (Å²) in [6.07, 6.45) is 1.51. The quantitative estimate of drug-likeness (QED) is 0.550. The molecule has 0 aromatic heterocycles. The summed E-state index contributed by atoms with van der Waals surface area (Å²) < 4.78 is 37.1. The number of benzene rings is 1. The van der Waals surface area contributed by atoms with Crippen molar-refractivity contribution in [1.29, 1.82) is 0 Å². The lowest BCUT2D eigenvalue weighted by atomic mass is 10.1. The van der Waals surface area contributed by atoms with Gasteiger partial charge in [-0.3, -0.25) is 4.72 Å². The molecule has 1 aliphatic rings. The Bertz CT molecular complexity index is 669. The van der Waals surface area contributed by atoms with Gasteiger partial charge in [0, 0.05) is 6.61 Å². The third kappa shape index (κ3) is 4.59. The number of rotatable bonds is 8. The minimum atomic E-state index is -3.79. The molecule has 1 atom stereocenters. The van der Waals surface area contributed by atoms with Gasteiger partial charge in [-0.2, -0.15) is 0 Å². The molecule has 0 spiro atoms. The molecule has 0 bridgehead atoms. The number of sulfonamides is 1. The molecule has 1 fully saturated rings. The van der Waals surface area contributed by atoms with Crippen LogP contribution in [0.5, 0.6) is 5.75 Å². The maximum atomic E-state index is 12.4. The van der Waals surface area contributed by atoms with E-state index in [9.17, 15) is 18.3 Å². The maximum Gasteiger partial charge on any atom is 0.340 e. The van der Waals surface area contributed by atoms with Crippen LogP contribution < -0.4 is 4.72 Å². The van der Waals surface area contributed by atoms with Crippen molar-refractivity contribution in [3.63, 3.8) is 0 Å². The lowest BCUT2D eigenvalue weighted by Gasteiger charge is -2.18. The topological polar surface area (TPSA) is 102 Å². The first-order valence-electron chi connectivity index (χ1n) is 7.40. The Kier molecular flexibility index (Phi) is 5.48. The Balaban J connectivity index is 2.21. The summed E-state index contributed by atoms with van der Waals surface area (Å²) >= 11 is 0. The average Bonchev–Trinajstić information content (AvgIpc) is 3.32. The van der Waals surface area contributed by atoms with Gasteiger partial charge in [0.25, 0.3) is 0 Å².